The Hall–Kier alpha value is -1.75. The molecule has 0 fully saturated rings. The first-order valence-electron chi connectivity index (χ1n) is 5.65. The van der Waals surface area contributed by atoms with E-state index in [0.29, 0.717) is 12.2 Å². The fraction of sp³-hybridized carbons (Fsp3) is 0.400. The molecule has 0 saturated carbocycles. The summed E-state index contributed by atoms with van der Waals surface area (Å²) >= 11 is 0. The van der Waals surface area contributed by atoms with Crippen molar-refractivity contribution in [3.05, 3.63) is 28.3 Å². The van der Waals surface area contributed by atoms with Gasteiger partial charge in [-0.1, -0.05) is 12.0 Å². The second kappa shape index (κ2) is 5.54. The minimum Gasteiger partial charge on any atom is -0.426 e. The summed E-state index contributed by atoms with van der Waals surface area (Å²) in [6.45, 7) is 9.23. The molecule has 2 heteroatoms. The molecule has 0 aliphatic heterocycles. The first-order chi connectivity index (χ1) is 7.97. The van der Waals surface area contributed by atoms with E-state index in [1.807, 2.05) is 26.8 Å². The lowest BCUT2D eigenvalue weighted by Crippen LogP contribution is -2.07. The third-order valence-corrected chi connectivity index (χ3v) is 2.75. The molecule has 0 aliphatic rings. The molecule has 0 bridgehead atoms. The Morgan fingerprint density at radius 2 is 1.94 bits per heavy atom. The number of aryl methyl sites for hydroxylation is 2. The zero-order chi connectivity index (χ0) is 13.0. The number of benzene rings is 1. The molecule has 1 aromatic rings. The van der Waals surface area contributed by atoms with Gasteiger partial charge in [-0.05, 0) is 49.9 Å². The normalized spacial score (nSPS) is 9.47. The molecular formula is C15H18O2. The lowest BCUT2D eigenvalue weighted by Gasteiger charge is -2.15. The van der Waals surface area contributed by atoms with Gasteiger partial charge in [-0.25, -0.2) is 0 Å². The lowest BCUT2D eigenvalue weighted by atomic mass is 9.96. The third kappa shape index (κ3) is 3.10. The second-order valence-corrected chi connectivity index (χ2v) is 4.14. The van der Waals surface area contributed by atoms with Crippen LogP contribution in [0.5, 0.6) is 5.75 Å². The Balaban J connectivity index is 3.29. The molecule has 0 spiro atoms. The van der Waals surface area contributed by atoms with Gasteiger partial charge in [-0.15, -0.1) is 5.92 Å². The molecule has 90 valence electrons. The largest absolute Gasteiger partial charge is 0.426 e. The standard InChI is InChI=1S/C15H18O2/c1-6-7-8-14-10(2)9-11(3)15(12(14)4)17-13(5)16/h9H,8H2,1-5H3. The SMILES string of the molecule is CC#CCc1c(C)cc(C)c(OC(C)=O)c1C. The van der Waals surface area contributed by atoms with Crippen LogP contribution < -0.4 is 4.74 Å². The fourth-order valence-electron chi connectivity index (χ4n) is 1.96. The van der Waals surface area contributed by atoms with Crippen molar-refractivity contribution in [1.82, 2.24) is 0 Å². The summed E-state index contributed by atoms with van der Waals surface area (Å²) in [7, 11) is 0. The molecule has 0 saturated heterocycles. The molecule has 0 radical (unpaired) electrons. The lowest BCUT2D eigenvalue weighted by molar-refractivity contribution is -0.131. The summed E-state index contributed by atoms with van der Waals surface area (Å²) < 4.78 is 5.26. The Labute approximate surface area is 103 Å². The van der Waals surface area contributed by atoms with Gasteiger partial charge in [0, 0.05) is 13.3 Å². The van der Waals surface area contributed by atoms with Crippen LogP contribution >= 0.6 is 0 Å². The van der Waals surface area contributed by atoms with Gasteiger partial charge in [-0.3, -0.25) is 4.79 Å². The molecule has 0 N–H and O–H groups in total. The quantitative estimate of drug-likeness (QED) is 0.443. The van der Waals surface area contributed by atoms with Crippen LogP contribution in [0.15, 0.2) is 6.07 Å². The summed E-state index contributed by atoms with van der Waals surface area (Å²) in [5.41, 5.74) is 4.35. The number of rotatable bonds is 2. The van der Waals surface area contributed by atoms with Crippen LogP contribution in [-0.4, -0.2) is 5.97 Å². The Morgan fingerprint density at radius 1 is 1.29 bits per heavy atom. The van der Waals surface area contributed by atoms with Crippen molar-refractivity contribution in [1.29, 1.82) is 0 Å². The van der Waals surface area contributed by atoms with Gasteiger partial charge >= 0.3 is 5.97 Å². The van der Waals surface area contributed by atoms with E-state index in [0.717, 1.165) is 16.7 Å². The van der Waals surface area contributed by atoms with Crippen LogP contribution in [0, 0.1) is 32.6 Å². The first-order valence-corrected chi connectivity index (χ1v) is 5.65. The number of hydrogen-bond donors (Lipinski definition) is 0. The van der Waals surface area contributed by atoms with E-state index in [1.165, 1.54) is 12.5 Å². The van der Waals surface area contributed by atoms with Gasteiger partial charge < -0.3 is 4.74 Å². The molecular weight excluding hydrogens is 212 g/mol. The topological polar surface area (TPSA) is 26.3 Å². The number of esters is 1. The maximum atomic E-state index is 11.1. The highest BCUT2D eigenvalue weighted by molar-refractivity contribution is 5.71. The fourth-order valence-corrected chi connectivity index (χ4v) is 1.96. The predicted molar refractivity (Wildman–Crippen MR) is 69.1 cm³/mol. The van der Waals surface area contributed by atoms with Crippen molar-refractivity contribution in [2.75, 3.05) is 0 Å². The molecule has 1 rings (SSSR count). The van der Waals surface area contributed by atoms with E-state index in [2.05, 4.69) is 18.8 Å². The van der Waals surface area contributed by atoms with E-state index in [4.69, 9.17) is 4.74 Å². The van der Waals surface area contributed by atoms with Crippen LogP contribution in [0.4, 0.5) is 0 Å². The smallest absolute Gasteiger partial charge is 0.308 e. The summed E-state index contributed by atoms with van der Waals surface area (Å²) in [5, 5.41) is 0. The van der Waals surface area contributed by atoms with E-state index in [-0.39, 0.29) is 5.97 Å². The van der Waals surface area contributed by atoms with Crippen molar-refractivity contribution < 1.29 is 9.53 Å². The monoisotopic (exact) mass is 230 g/mol. The summed E-state index contributed by atoms with van der Waals surface area (Å²) in [6, 6.07) is 2.04. The van der Waals surface area contributed by atoms with Gasteiger partial charge in [0.05, 0.1) is 0 Å². The Kier molecular flexibility index (Phi) is 4.34. The molecule has 0 unspecified atom stereocenters. The molecule has 17 heavy (non-hydrogen) atoms. The molecule has 0 aromatic heterocycles. The zero-order valence-electron chi connectivity index (χ0n) is 11.1. The highest BCUT2D eigenvalue weighted by atomic mass is 16.5. The van der Waals surface area contributed by atoms with E-state index < -0.39 is 0 Å². The highest BCUT2D eigenvalue weighted by Gasteiger charge is 2.12. The molecule has 0 heterocycles. The van der Waals surface area contributed by atoms with Gasteiger partial charge in [0.15, 0.2) is 0 Å². The average Bonchev–Trinajstić information content (AvgIpc) is 2.23. The molecule has 0 atom stereocenters. The van der Waals surface area contributed by atoms with Crippen molar-refractivity contribution >= 4 is 5.97 Å². The van der Waals surface area contributed by atoms with E-state index in [9.17, 15) is 4.79 Å². The Morgan fingerprint density at radius 3 is 2.47 bits per heavy atom. The van der Waals surface area contributed by atoms with Crippen LogP contribution in [0.1, 0.15) is 36.1 Å². The van der Waals surface area contributed by atoms with Gasteiger partial charge in [0.25, 0.3) is 0 Å². The van der Waals surface area contributed by atoms with E-state index >= 15 is 0 Å². The first kappa shape index (κ1) is 13.3. The van der Waals surface area contributed by atoms with Crippen molar-refractivity contribution in [2.45, 2.75) is 41.0 Å². The number of hydrogen-bond acceptors (Lipinski definition) is 2. The summed E-state index contributed by atoms with van der Waals surface area (Å²) in [4.78, 5) is 11.1. The maximum absolute atomic E-state index is 11.1. The number of ether oxygens (including phenoxy) is 1. The van der Waals surface area contributed by atoms with Crippen molar-refractivity contribution in [3.63, 3.8) is 0 Å². The van der Waals surface area contributed by atoms with Crippen molar-refractivity contribution in [2.24, 2.45) is 0 Å². The average molecular weight is 230 g/mol. The van der Waals surface area contributed by atoms with Crippen molar-refractivity contribution in [3.8, 4) is 17.6 Å². The van der Waals surface area contributed by atoms with Crippen LogP contribution in [0.2, 0.25) is 0 Å². The molecule has 1 aromatic carbocycles. The summed E-state index contributed by atoms with van der Waals surface area (Å²) in [6.07, 6.45) is 0.697. The maximum Gasteiger partial charge on any atom is 0.308 e. The van der Waals surface area contributed by atoms with Crippen LogP contribution in [0.25, 0.3) is 0 Å². The van der Waals surface area contributed by atoms with Gasteiger partial charge in [-0.2, -0.15) is 0 Å². The molecule has 0 amide bonds. The minimum atomic E-state index is -0.285. The van der Waals surface area contributed by atoms with Crippen LogP contribution in [0.3, 0.4) is 0 Å². The number of carbonyl (C=O) groups excluding carboxylic acids is 1. The Bertz CT molecular complexity index is 502. The van der Waals surface area contributed by atoms with Gasteiger partial charge in [0.2, 0.25) is 0 Å². The predicted octanol–water partition coefficient (Wildman–Crippen LogP) is 3.10. The zero-order valence-corrected chi connectivity index (χ0v) is 11.1. The number of carbonyl (C=O) groups is 1. The van der Waals surface area contributed by atoms with Crippen LogP contribution in [-0.2, 0) is 11.2 Å². The minimum absolute atomic E-state index is 0.285. The molecule has 2 nitrogen and oxygen atoms in total. The summed E-state index contributed by atoms with van der Waals surface area (Å²) in [5.74, 6) is 6.34. The second-order valence-electron chi connectivity index (χ2n) is 4.14. The third-order valence-electron chi connectivity index (χ3n) is 2.75. The van der Waals surface area contributed by atoms with Gasteiger partial charge in [0.1, 0.15) is 5.75 Å². The molecule has 0 aliphatic carbocycles. The highest BCUT2D eigenvalue weighted by Crippen LogP contribution is 2.29. The van der Waals surface area contributed by atoms with E-state index in [1.54, 1.807) is 0 Å².